The van der Waals surface area contributed by atoms with Gasteiger partial charge < -0.3 is 26.2 Å². The number of imidazole rings is 1. The lowest BCUT2D eigenvalue weighted by Gasteiger charge is -2.31. The summed E-state index contributed by atoms with van der Waals surface area (Å²) in [4.78, 5) is 8.29. The van der Waals surface area contributed by atoms with Crippen molar-refractivity contribution in [1.82, 2.24) is 14.9 Å². The zero-order chi connectivity index (χ0) is 12.5. The van der Waals surface area contributed by atoms with Gasteiger partial charge in [-0.05, 0) is 0 Å². The van der Waals surface area contributed by atoms with Crippen LogP contribution in [-0.2, 0) is 4.74 Å². The second-order valence-corrected chi connectivity index (χ2v) is 4.31. The van der Waals surface area contributed by atoms with E-state index in [-0.39, 0.29) is 18.9 Å². The van der Waals surface area contributed by atoms with Crippen molar-refractivity contribution in [2.75, 3.05) is 25.0 Å². The molecular weight excluding hydrogens is 236 g/mol. The number of aromatic nitrogens is 2. The average molecular weight is 252 g/mol. The largest absolute Gasteiger partial charge is 0.394 e. The molecule has 1 fully saturated rings. The molecule has 0 aliphatic carbocycles. The molecule has 3 unspecified atom stereocenters. The van der Waals surface area contributed by atoms with Gasteiger partial charge in [-0.15, -0.1) is 0 Å². The van der Waals surface area contributed by atoms with Crippen LogP contribution >= 0.6 is 0 Å². The maximum absolute atomic E-state index is 9.14. The van der Waals surface area contributed by atoms with Crippen LogP contribution in [-0.4, -0.2) is 46.8 Å². The first-order valence-electron chi connectivity index (χ1n) is 5.87. The summed E-state index contributed by atoms with van der Waals surface area (Å²) in [7, 11) is 0. The highest BCUT2D eigenvalue weighted by Crippen LogP contribution is 2.28. The number of anilines is 1. The number of fused-ring (bicyclic) bond motifs is 1. The molecule has 8 heteroatoms. The van der Waals surface area contributed by atoms with E-state index in [1.165, 1.54) is 0 Å². The first-order valence-corrected chi connectivity index (χ1v) is 5.87. The predicted molar refractivity (Wildman–Crippen MR) is 65.1 cm³/mol. The molecule has 0 amide bonds. The summed E-state index contributed by atoms with van der Waals surface area (Å²) in [6.45, 7) is 1.31. The molecule has 0 radical (unpaired) electrons. The van der Waals surface area contributed by atoms with Gasteiger partial charge in [-0.1, -0.05) is 0 Å². The summed E-state index contributed by atoms with van der Waals surface area (Å²) in [5.41, 5.74) is 6.53. The number of rotatable bonds is 2. The molecule has 5 N–H and O–H groups in total. The normalized spacial score (nSPS) is 30.9. The van der Waals surface area contributed by atoms with Crippen molar-refractivity contribution in [2.24, 2.45) is 10.7 Å². The van der Waals surface area contributed by atoms with Gasteiger partial charge in [0.2, 0.25) is 0 Å². The molecule has 0 saturated carbocycles. The van der Waals surface area contributed by atoms with Crippen LogP contribution in [0.1, 0.15) is 18.1 Å². The van der Waals surface area contributed by atoms with Crippen molar-refractivity contribution in [2.45, 2.75) is 18.5 Å². The molecular formula is C10H16N6O2. The standard InChI is InChI=1S/C10H16N6O2/c11-9-8-10(14-4-13-9)16(5-15-8)7-2-12-1-6(3-17)18-7/h4-7,9,12,17H,1-3,11H2,(H,13,14). The fourth-order valence-corrected chi connectivity index (χ4v) is 2.17. The highest BCUT2D eigenvalue weighted by atomic mass is 16.5. The Balaban J connectivity index is 1.85. The Morgan fingerprint density at radius 1 is 1.56 bits per heavy atom. The number of morpholine rings is 1. The first-order chi connectivity index (χ1) is 8.79. The predicted octanol–water partition coefficient (Wildman–Crippen LogP) is -1.23. The summed E-state index contributed by atoms with van der Waals surface area (Å²) in [5.74, 6) is 0.794. The van der Waals surface area contributed by atoms with Crippen LogP contribution in [0.25, 0.3) is 0 Å². The Morgan fingerprint density at radius 3 is 3.28 bits per heavy atom. The van der Waals surface area contributed by atoms with Gasteiger partial charge in [0.25, 0.3) is 0 Å². The number of nitrogens with two attached hydrogens (primary N) is 1. The van der Waals surface area contributed by atoms with E-state index in [0.717, 1.165) is 5.82 Å². The number of ether oxygens (including phenoxy) is 1. The van der Waals surface area contributed by atoms with Crippen LogP contribution in [0.5, 0.6) is 0 Å². The molecule has 0 aromatic carbocycles. The van der Waals surface area contributed by atoms with Crippen molar-refractivity contribution in [3.05, 3.63) is 12.0 Å². The monoisotopic (exact) mass is 252 g/mol. The first kappa shape index (κ1) is 11.6. The van der Waals surface area contributed by atoms with Crippen molar-refractivity contribution in [3.63, 3.8) is 0 Å². The van der Waals surface area contributed by atoms with Gasteiger partial charge in [0.15, 0.2) is 0 Å². The van der Waals surface area contributed by atoms with Gasteiger partial charge in [0.1, 0.15) is 23.9 Å². The van der Waals surface area contributed by atoms with E-state index < -0.39 is 6.17 Å². The van der Waals surface area contributed by atoms with E-state index >= 15 is 0 Å². The fourth-order valence-electron chi connectivity index (χ4n) is 2.17. The van der Waals surface area contributed by atoms with Crippen LogP contribution in [0, 0.1) is 0 Å². The van der Waals surface area contributed by atoms with E-state index in [2.05, 4.69) is 20.6 Å². The van der Waals surface area contributed by atoms with E-state index in [1.54, 1.807) is 12.7 Å². The molecule has 2 aliphatic heterocycles. The van der Waals surface area contributed by atoms with Crippen molar-refractivity contribution in [3.8, 4) is 0 Å². The molecule has 2 aliphatic rings. The SMILES string of the molecule is NC1N=CNc2c1ncn2C1CNCC(CO)O1. The van der Waals surface area contributed by atoms with Crippen LogP contribution < -0.4 is 16.4 Å². The van der Waals surface area contributed by atoms with Crippen molar-refractivity contribution < 1.29 is 9.84 Å². The van der Waals surface area contributed by atoms with E-state index in [4.69, 9.17) is 15.6 Å². The number of hydrogen-bond acceptors (Lipinski definition) is 7. The molecule has 0 spiro atoms. The second kappa shape index (κ2) is 4.65. The number of aliphatic hydroxyl groups is 1. The van der Waals surface area contributed by atoms with Gasteiger partial charge in [-0.2, -0.15) is 0 Å². The van der Waals surface area contributed by atoms with E-state index in [0.29, 0.717) is 18.8 Å². The molecule has 8 nitrogen and oxygen atoms in total. The van der Waals surface area contributed by atoms with Crippen molar-refractivity contribution in [1.29, 1.82) is 0 Å². The van der Waals surface area contributed by atoms with Crippen LogP contribution in [0.4, 0.5) is 5.82 Å². The number of nitrogens with one attached hydrogen (secondary N) is 2. The van der Waals surface area contributed by atoms with E-state index in [9.17, 15) is 0 Å². The summed E-state index contributed by atoms with van der Waals surface area (Å²) in [5, 5.41) is 15.4. The minimum Gasteiger partial charge on any atom is -0.394 e. The molecule has 98 valence electrons. The average Bonchev–Trinajstić information content (AvgIpc) is 2.84. The quantitative estimate of drug-likeness (QED) is 0.525. The Bertz CT molecular complexity index is 459. The number of nitrogens with zero attached hydrogens (tertiary/aromatic N) is 3. The smallest absolute Gasteiger partial charge is 0.149 e. The molecule has 0 bridgehead atoms. The van der Waals surface area contributed by atoms with Gasteiger partial charge in [0.05, 0.1) is 25.4 Å². The van der Waals surface area contributed by atoms with Crippen LogP contribution in [0.3, 0.4) is 0 Å². The summed E-state index contributed by atoms with van der Waals surface area (Å²) < 4.78 is 7.64. The molecule has 1 aromatic rings. The Morgan fingerprint density at radius 2 is 2.44 bits per heavy atom. The van der Waals surface area contributed by atoms with Gasteiger partial charge >= 0.3 is 0 Å². The van der Waals surface area contributed by atoms with Gasteiger partial charge in [0, 0.05) is 13.1 Å². The maximum Gasteiger partial charge on any atom is 0.149 e. The third kappa shape index (κ3) is 1.89. The summed E-state index contributed by atoms with van der Waals surface area (Å²) in [6, 6.07) is 0. The van der Waals surface area contributed by atoms with Crippen LogP contribution in [0.15, 0.2) is 11.3 Å². The minimum atomic E-state index is -0.437. The third-order valence-corrected chi connectivity index (χ3v) is 3.09. The molecule has 3 rings (SSSR count). The number of aliphatic imine (C=N–C) groups is 1. The topological polar surface area (TPSA) is 110 Å². The van der Waals surface area contributed by atoms with E-state index in [1.807, 2.05) is 4.57 Å². The Labute approximate surface area is 104 Å². The van der Waals surface area contributed by atoms with Gasteiger partial charge in [-0.3, -0.25) is 9.56 Å². The van der Waals surface area contributed by atoms with Crippen molar-refractivity contribution >= 4 is 12.2 Å². The Kier molecular flexibility index (Phi) is 3.00. The molecule has 1 aromatic heterocycles. The molecule has 3 atom stereocenters. The molecule has 18 heavy (non-hydrogen) atoms. The number of hydrogen-bond donors (Lipinski definition) is 4. The minimum absolute atomic E-state index is 0.00517. The zero-order valence-corrected chi connectivity index (χ0v) is 9.78. The zero-order valence-electron chi connectivity index (χ0n) is 9.78. The number of aliphatic hydroxyl groups excluding tert-OH is 1. The lowest BCUT2D eigenvalue weighted by atomic mass is 10.3. The fraction of sp³-hybridized carbons (Fsp3) is 0.600. The Hall–Kier alpha value is -1.48. The third-order valence-electron chi connectivity index (χ3n) is 3.09. The maximum atomic E-state index is 9.14. The highest BCUT2D eigenvalue weighted by Gasteiger charge is 2.27. The van der Waals surface area contributed by atoms with Gasteiger partial charge in [-0.25, -0.2) is 4.98 Å². The molecule has 1 saturated heterocycles. The second-order valence-electron chi connectivity index (χ2n) is 4.31. The highest BCUT2D eigenvalue weighted by molar-refractivity contribution is 5.77. The van der Waals surface area contributed by atoms with Crippen LogP contribution in [0.2, 0.25) is 0 Å². The summed E-state index contributed by atoms with van der Waals surface area (Å²) in [6.07, 6.45) is 2.39. The summed E-state index contributed by atoms with van der Waals surface area (Å²) >= 11 is 0. The lowest BCUT2D eigenvalue weighted by molar-refractivity contribution is -0.0940. The lowest BCUT2D eigenvalue weighted by Crippen LogP contribution is -2.44. The molecule has 3 heterocycles.